The lowest BCUT2D eigenvalue weighted by Gasteiger charge is -2.37. The number of hydrogen-bond acceptors (Lipinski definition) is 4. The Bertz CT molecular complexity index is 242. The Kier molecular flexibility index (Phi) is 7.23. The van der Waals surface area contributed by atoms with Gasteiger partial charge >= 0.3 is 0 Å². The molecule has 1 fully saturated rings. The molecular weight excluding hydrogens is 230 g/mol. The molecule has 1 atom stereocenters. The molecule has 106 valence electrons. The summed E-state index contributed by atoms with van der Waals surface area (Å²) in [5.41, 5.74) is 0. The van der Waals surface area contributed by atoms with Crippen LogP contribution in [-0.4, -0.2) is 62.8 Å². The minimum absolute atomic E-state index is 0.0602. The molecule has 1 amide bonds. The van der Waals surface area contributed by atoms with Crippen molar-refractivity contribution in [3.05, 3.63) is 0 Å². The van der Waals surface area contributed by atoms with Gasteiger partial charge in [0.05, 0.1) is 12.6 Å². The van der Waals surface area contributed by atoms with Crippen molar-refractivity contribution in [2.75, 3.05) is 39.9 Å². The maximum absolute atomic E-state index is 12.0. The summed E-state index contributed by atoms with van der Waals surface area (Å²) >= 11 is 0. The molecule has 0 aromatic heterocycles. The number of ether oxygens (including phenoxy) is 1. The highest BCUT2D eigenvalue weighted by Crippen LogP contribution is 2.14. The highest BCUT2D eigenvalue weighted by atomic mass is 16.5. The van der Waals surface area contributed by atoms with Gasteiger partial charge in [-0.3, -0.25) is 9.69 Å². The standard InChI is InChI=1S/C13H27N3O2/c1-4-16(12-5-7-14-8-6-12)11(2)13(17)15-9-10-18-3/h11-12,14H,4-10H2,1-3H3,(H,15,17). The summed E-state index contributed by atoms with van der Waals surface area (Å²) < 4.78 is 4.94. The Balaban J connectivity index is 2.44. The molecule has 0 saturated carbocycles. The fourth-order valence-electron chi connectivity index (χ4n) is 2.56. The topological polar surface area (TPSA) is 53.6 Å². The number of amides is 1. The second-order valence-corrected chi connectivity index (χ2v) is 4.77. The maximum atomic E-state index is 12.0. The third-order valence-corrected chi connectivity index (χ3v) is 3.63. The van der Waals surface area contributed by atoms with Crippen molar-refractivity contribution >= 4 is 5.91 Å². The van der Waals surface area contributed by atoms with Gasteiger partial charge in [-0.05, 0) is 39.4 Å². The van der Waals surface area contributed by atoms with Crippen LogP contribution in [0.4, 0.5) is 0 Å². The van der Waals surface area contributed by atoms with Crippen LogP contribution < -0.4 is 10.6 Å². The zero-order valence-corrected chi connectivity index (χ0v) is 11.9. The molecule has 1 saturated heterocycles. The first-order valence-corrected chi connectivity index (χ1v) is 6.93. The molecule has 0 aliphatic carbocycles. The Morgan fingerprint density at radius 1 is 1.50 bits per heavy atom. The van der Waals surface area contributed by atoms with Gasteiger partial charge < -0.3 is 15.4 Å². The van der Waals surface area contributed by atoms with Gasteiger partial charge in [0, 0.05) is 19.7 Å². The van der Waals surface area contributed by atoms with Gasteiger partial charge in [0.2, 0.25) is 5.91 Å². The predicted molar refractivity (Wildman–Crippen MR) is 72.6 cm³/mol. The number of methoxy groups -OCH3 is 1. The number of nitrogens with one attached hydrogen (secondary N) is 2. The van der Waals surface area contributed by atoms with Gasteiger partial charge in [-0.2, -0.15) is 0 Å². The summed E-state index contributed by atoms with van der Waals surface area (Å²) in [5.74, 6) is 0.104. The van der Waals surface area contributed by atoms with Crippen molar-refractivity contribution in [2.45, 2.75) is 38.8 Å². The number of rotatable bonds is 7. The molecule has 0 aromatic rings. The number of piperidine rings is 1. The number of likely N-dealkylation sites (N-methyl/N-ethyl adjacent to an activating group) is 1. The van der Waals surface area contributed by atoms with Crippen LogP contribution in [0.15, 0.2) is 0 Å². The van der Waals surface area contributed by atoms with Crippen LogP contribution in [0.3, 0.4) is 0 Å². The van der Waals surface area contributed by atoms with Crippen molar-refractivity contribution in [1.82, 2.24) is 15.5 Å². The Labute approximate surface area is 110 Å². The molecule has 1 heterocycles. The summed E-state index contributed by atoms with van der Waals surface area (Å²) in [4.78, 5) is 14.3. The van der Waals surface area contributed by atoms with E-state index in [1.54, 1.807) is 7.11 Å². The van der Waals surface area contributed by atoms with Crippen molar-refractivity contribution in [2.24, 2.45) is 0 Å². The predicted octanol–water partition coefficient (Wildman–Crippen LogP) is 0.211. The monoisotopic (exact) mass is 257 g/mol. The molecule has 2 N–H and O–H groups in total. The minimum atomic E-state index is -0.0602. The second-order valence-electron chi connectivity index (χ2n) is 4.77. The van der Waals surface area contributed by atoms with Crippen LogP contribution in [0.2, 0.25) is 0 Å². The Morgan fingerprint density at radius 2 is 2.17 bits per heavy atom. The summed E-state index contributed by atoms with van der Waals surface area (Å²) in [6.45, 7) is 8.30. The fraction of sp³-hybridized carbons (Fsp3) is 0.923. The lowest BCUT2D eigenvalue weighted by atomic mass is 10.0. The molecule has 5 nitrogen and oxygen atoms in total. The molecule has 18 heavy (non-hydrogen) atoms. The van der Waals surface area contributed by atoms with Crippen LogP contribution in [0.5, 0.6) is 0 Å². The van der Waals surface area contributed by atoms with Crippen LogP contribution in [0.1, 0.15) is 26.7 Å². The van der Waals surface area contributed by atoms with E-state index in [0.717, 1.165) is 32.5 Å². The lowest BCUT2D eigenvalue weighted by molar-refractivity contribution is -0.127. The van der Waals surface area contributed by atoms with Gasteiger partial charge in [-0.15, -0.1) is 0 Å². The molecule has 0 spiro atoms. The molecule has 1 rings (SSSR count). The molecule has 0 bridgehead atoms. The third-order valence-electron chi connectivity index (χ3n) is 3.63. The largest absolute Gasteiger partial charge is 0.383 e. The Morgan fingerprint density at radius 3 is 2.72 bits per heavy atom. The van der Waals surface area contributed by atoms with Crippen LogP contribution in [0.25, 0.3) is 0 Å². The summed E-state index contributed by atoms with van der Waals surface area (Å²) in [6, 6.07) is 0.467. The van der Waals surface area contributed by atoms with Crippen LogP contribution in [0, 0.1) is 0 Å². The van der Waals surface area contributed by atoms with E-state index in [4.69, 9.17) is 4.74 Å². The third kappa shape index (κ3) is 4.55. The molecule has 0 radical (unpaired) electrons. The first kappa shape index (κ1) is 15.4. The number of carbonyl (C=O) groups excluding carboxylic acids is 1. The highest BCUT2D eigenvalue weighted by Gasteiger charge is 2.27. The van der Waals surface area contributed by atoms with Crippen molar-refractivity contribution in [1.29, 1.82) is 0 Å². The SMILES string of the molecule is CCN(C1CCNCC1)C(C)C(=O)NCCOC. The second kappa shape index (κ2) is 8.45. The number of nitrogens with zero attached hydrogens (tertiary/aromatic N) is 1. The zero-order valence-electron chi connectivity index (χ0n) is 11.9. The molecule has 0 aromatic carbocycles. The smallest absolute Gasteiger partial charge is 0.237 e. The summed E-state index contributed by atoms with van der Waals surface area (Å²) in [6.07, 6.45) is 2.26. The first-order valence-electron chi connectivity index (χ1n) is 6.93. The van der Waals surface area contributed by atoms with Crippen LogP contribution in [-0.2, 0) is 9.53 Å². The highest BCUT2D eigenvalue weighted by molar-refractivity contribution is 5.81. The molecule has 1 unspecified atom stereocenters. The molecule has 1 aliphatic rings. The van der Waals surface area contributed by atoms with E-state index in [2.05, 4.69) is 22.5 Å². The van der Waals surface area contributed by atoms with Crippen LogP contribution >= 0.6 is 0 Å². The fourth-order valence-corrected chi connectivity index (χ4v) is 2.56. The lowest BCUT2D eigenvalue weighted by Crippen LogP contribution is -2.52. The molecular formula is C13H27N3O2. The average molecular weight is 257 g/mol. The van der Waals surface area contributed by atoms with Gasteiger partial charge in [0.1, 0.15) is 0 Å². The maximum Gasteiger partial charge on any atom is 0.237 e. The first-order chi connectivity index (χ1) is 8.70. The van der Waals surface area contributed by atoms with E-state index >= 15 is 0 Å². The Hall–Kier alpha value is -0.650. The number of carbonyl (C=O) groups is 1. The van der Waals surface area contributed by atoms with Crippen molar-refractivity contribution in [3.63, 3.8) is 0 Å². The minimum Gasteiger partial charge on any atom is -0.383 e. The number of hydrogen-bond donors (Lipinski definition) is 2. The summed E-state index contributed by atoms with van der Waals surface area (Å²) in [5, 5.41) is 6.28. The van der Waals surface area contributed by atoms with E-state index in [1.807, 2.05) is 6.92 Å². The van der Waals surface area contributed by atoms with Crippen molar-refractivity contribution in [3.8, 4) is 0 Å². The van der Waals surface area contributed by atoms with Gasteiger partial charge in [-0.1, -0.05) is 6.92 Å². The van der Waals surface area contributed by atoms with E-state index < -0.39 is 0 Å². The average Bonchev–Trinajstić information content (AvgIpc) is 2.41. The molecule has 5 heteroatoms. The van der Waals surface area contributed by atoms with E-state index in [9.17, 15) is 4.79 Å². The summed E-state index contributed by atoms with van der Waals surface area (Å²) in [7, 11) is 1.64. The quantitative estimate of drug-likeness (QED) is 0.640. The van der Waals surface area contributed by atoms with Gasteiger partial charge in [-0.25, -0.2) is 0 Å². The van der Waals surface area contributed by atoms with E-state index in [0.29, 0.717) is 19.2 Å². The molecule has 1 aliphatic heterocycles. The normalized spacial score (nSPS) is 18.9. The van der Waals surface area contributed by atoms with E-state index in [-0.39, 0.29) is 11.9 Å². The van der Waals surface area contributed by atoms with Gasteiger partial charge in [0.15, 0.2) is 0 Å². The zero-order chi connectivity index (χ0) is 13.4. The van der Waals surface area contributed by atoms with E-state index in [1.165, 1.54) is 0 Å². The van der Waals surface area contributed by atoms with Gasteiger partial charge in [0.25, 0.3) is 0 Å². The van der Waals surface area contributed by atoms with Crippen molar-refractivity contribution < 1.29 is 9.53 Å².